The first kappa shape index (κ1) is 12.6. The third-order valence-electron chi connectivity index (χ3n) is 3.25. The van der Waals surface area contributed by atoms with E-state index in [1.807, 2.05) is 30.5 Å². The van der Waals surface area contributed by atoms with E-state index in [-0.39, 0.29) is 12.6 Å². The van der Waals surface area contributed by atoms with Crippen molar-refractivity contribution in [2.45, 2.75) is 25.9 Å². The number of allylic oxidation sites excluding steroid dienone is 1. The summed E-state index contributed by atoms with van der Waals surface area (Å²) in [6, 6.07) is 5.54. The highest BCUT2D eigenvalue weighted by Gasteiger charge is 2.15. The summed E-state index contributed by atoms with van der Waals surface area (Å²) in [7, 11) is 0. The van der Waals surface area contributed by atoms with Gasteiger partial charge in [-0.2, -0.15) is 5.10 Å². The van der Waals surface area contributed by atoms with Crippen LogP contribution < -0.4 is 0 Å². The Kier molecular flexibility index (Phi) is 3.58. The van der Waals surface area contributed by atoms with E-state index in [9.17, 15) is 4.79 Å². The lowest BCUT2D eigenvalue weighted by atomic mass is 10.2. The molecule has 0 amide bonds. The lowest BCUT2D eigenvalue weighted by Crippen LogP contribution is -2.09. The average molecular weight is 269 g/mol. The first-order valence-corrected chi connectivity index (χ1v) is 6.64. The molecular formula is C15H15N3O2. The van der Waals surface area contributed by atoms with Crippen molar-refractivity contribution in [2.24, 2.45) is 0 Å². The normalized spacial score (nSPS) is 14.1. The van der Waals surface area contributed by atoms with Crippen molar-refractivity contribution < 1.29 is 9.53 Å². The summed E-state index contributed by atoms with van der Waals surface area (Å²) in [4.78, 5) is 16.2. The van der Waals surface area contributed by atoms with Crippen LogP contribution in [0.5, 0.6) is 0 Å². The maximum atomic E-state index is 11.9. The standard InChI is InChI=1S/C15H15N3O2/c19-15(12-5-1-2-6-12)20-11-13-7-3-8-16-14(13)18-10-4-9-17-18/h3-5,7-10H,1-2,6,11H2. The molecule has 5 nitrogen and oxygen atoms in total. The summed E-state index contributed by atoms with van der Waals surface area (Å²) >= 11 is 0. The van der Waals surface area contributed by atoms with Crippen LogP contribution in [0.1, 0.15) is 24.8 Å². The Labute approximate surface area is 116 Å². The molecule has 0 unspecified atom stereocenters. The van der Waals surface area contributed by atoms with Gasteiger partial charge in [-0.05, 0) is 31.4 Å². The largest absolute Gasteiger partial charge is 0.457 e. The van der Waals surface area contributed by atoms with Gasteiger partial charge in [0.05, 0.1) is 0 Å². The molecule has 102 valence electrons. The molecule has 0 aromatic carbocycles. The third kappa shape index (κ3) is 2.61. The monoisotopic (exact) mass is 269 g/mol. The van der Waals surface area contributed by atoms with Gasteiger partial charge in [-0.3, -0.25) is 0 Å². The molecule has 0 spiro atoms. The molecular weight excluding hydrogens is 254 g/mol. The second kappa shape index (κ2) is 5.69. The molecule has 1 aliphatic rings. The van der Waals surface area contributed by atoms with Crippen molar-refractivity contribution >= 4 is 5.97 Å². The van der Waals surface area contributed by atoms with Crippen LogP contribution in [-0.4, -0.2) is 20.7 Å². The summed E-state index contributed by atoms with van der Waals surface area (Å²) in [5, 5.41) is 4.15. The minimum Gasteiger partial charge on any atom is -0.457 e. The summed E-state index contributed by atoms with van der Waals surface area (Å²) in [6.07, 6.45) is 9.98. The summed E-state index contributed by atoms with van der Waals surface area (Å²) in [5.41, 5.74) is 1.62. The Morgan fingerprint density at radius 2 is 2.30 bits per heavy atom. The number of aromatic nitrogens is 3. The van der Waals surface area contributed by atoms with Crippen molar-refractivity contribution in [3.05, 3.63) is 54.0 Å². The van der Waals surface area contributed by atoms with Crippen LogP contribution >= 0.6 is 0 Å². The van der Waals surface area contributed by atoms with Crippen LogP contribution in [0, 0.1) is 0 Å². The third-order valence-corrected chi connectivity index (χ3v) is 3.25. The molecule has 3 rings (SSSR count). The van der Waals surface area contributed by atoms with E-state index in [1.54, 1.807) is 17.1 Å². The van der Waals surface area contributed by atoms with Crippen LogP contribution in [0.3, 0.4) is 0 Å². The molecule has 0 aliphatic heterocycles. The molecule has 2 heterocycles. The van der Waals surface area contributed by atoms with Gasteiger partial charge in [0.15, 0.2) is 5.82 Å². The van der Waals surface area contributed by atoms with Gasteiger partial charge in [0.2, 0.25) is 0 Å². The second-order valence-electron chi connectivity index (χ2n) is 4.63. The Morgan fingerprint density at radius 1 is 1.35 bits per heavy atom. The van der Waals surface area contributed by atoms with E-state index < -0.39 is 0 Å². The smallest absolute Gasteiger partial charge is 0.334 e. The van der Waals surface area contributed by atoms with Crippen molar-refractivity contribution in [1.29, 1.82) is 0 Å². The highest BCUT2D eigenvalue weighted by atomic mass is 16.5. The minimum absolute atomic E-state index is 0.208. The van der Waals surface area contributed by atoms with E-state index in [0.29, 0.717) is 5.82 Å². The lowest BCUT2D eigenvalue weighted by molar-refractivity contribution is -0.140. The van der Waals surface area contributed by atoms with Gasteiger partial charge >= 0.3 is 5.97 Å². The lowest BCUT2D eigenvalue weighted by Gasteiger charge is -2.09. The molecule has 0 bridgehead atoms. The van der Waals surface area contributed by atoms with E-state index in [2.05, 4.69) is 10.1 Å². The van der Waals surface area contributed by atoms with Crippen LogP contribution in [0.4, 0.5) is 0 Å². The molecule has 0 atom stereocenters. The number of esters is 1. The zero-order chi connectivity index (χ0) is 13.8. The van der Waals surface area contributed by atoms with E-state index >= 15 is 0 Å². The van der Waals surface area contributed by atoms with E-state index in [4.69, 9.17) is 4.74 Å². The zero-order valence-electron chi connectivity index (χ0n) is 11.0. The Balaban J connectivity index is 1.73. The maximum Gasteiger partial charge on any atom is 0.334 e. The molecule has 5 heteroatoms. The predicted molar refractivity (Wildman–Crippen MR) is 73.1 cm³/mol. The molecule has 0 N–H and O–H groups in total. The van der Waals surface area contributed by atoms with Crippen molar-refractivity contribution in [1.82, 2.24) is 14.8 Å². The fourth-order valence-electron chi connectivity index (χ4n) is 2.24. The Morgan fingerprint density at radius 3 is 3.05 bits per heavy atom. The summed E-state index contributed by atoms with van der Waals surface area (Å²) in [5.74, 6) is 0.462. The summed E-state index contributed by atoms with van der Waals surface area (Å²) in [6.45, 7) is 0.208. The topological polar surface area (TPSA) is 57.0 Å². The molecule has 0 fully saturated rings. The molecule has 2 aromatic heterocycles. The minimum atomic E-state index is -0.224. The molecule has 0 radical (unpaired) electrons. The predicted octanol–water partition coefficient (Wildman–Crippen LogP) is 2.42. The number of ether oxygens (including phenoxy) is 1. The molecule has 0 saturated heterocycles. The summed E-state index contributed by atoms with van der Waals surface area (Å²) < 4.78 is 7.03. The zero-order valence-corrected chi connectivity index (χ0v) is 11.0. The van der Waals surface area contributed by atoms with Gasteiger partial charge in [0.1, 0.15) is 6.61 Å². The number of carbonyl (C=O) groups is 1. The van der Waals surface area contributed by atoms with E-state index in [0.717, 1.165) is 30.4 Å². The molecule has 1 aliphatic carbocycles. The van der Waals surface area contributed by atoms with Gasteiger partial charge in [0, 0.05) is 29.7 Å². The first-order chi connectivity index (χ1) is 9.84. The number of pyridine rings is 1. The van der Waals surface area contributed by atoms with Gasteiger partial charge in [0.25, 0.3) is 0 Å². The van der Waals surface area contributed by atoms with Crippen molar-refractivity contribution in [3.63, 3.8) is 0 Å². The number of nitrogens with zero attached hydrogens (tertiary/aromatic N) is 3. The first-order valence-electron chi connectivity index (χ1n) is 6.64. The molecule has 20 heavy (non-hydrogen) atoms. The van der Waals surface area contributed by atoms with Gasteiger partial charge in [-0.1, -0.05) is 12.1 Å². The number of carbonyl (C=O) groups excluding carboxylic acids is 1. The number of rotatable bonds is 4. The molecule has 2 aromatic rings. The Hall–Kier alpha value is -2.43. The van der Waals surface area contributed by atoms with Crippen LogP contribution in [-0.2, 0) is 16.1 Å². The average Bonchev–Trinajstić information content (AvgIpc) is 3.17. The molecule has 0 saturated carbocycles. The maximum absolute atomic E-state index is 11.9. The van der Waals surface area contributed by atoms with E-state index in [1.165, 1.54) is 0 Å². The quantitative estimate of drug-likeness (QED) is 0.800. The SMILES string of the molecule is O=C(OCc1cccnc1-n1cccn1)C1=CCCC1. The number of hydrogen-bond acceptors (Lipinski definition) is 4. The highest BCUT2D eigenvalue weighted by molar-refractivity contribution is 5.88. The van der Waals surface area contributed by atoms with Crippen LogP contribution in [0.15, 0.2) is 48.4 Å². The van der Waals surface area contributed by atoms with Gasteiger partial charge in [-0.15, -0.1) is 0 Å². The fourth-order valence-corrected chi connectivity index (χ4v) is 2.24. The van der Waals surface area contributed by atoms with Crippen LogP contribution in [0.25, 0.3) is 5.82 Å². The van der Waals surface area contributed by atoms with Gasteiger partial charge < -0.3 is 4.74 Å². The van der Waals surface area contributed by atoms with Crippen molar-refractivity contribution in [2.75, 3.05) is 0 Å². The second-order valence-corrected chi connectivity index (χ2v) is 4.63. The fraction of sp³-hybridized carbons (Fsp3) is 0.267. The van der Waals surface area contributed by atoms with Gasteiger partial charge in [-0.25, -0.2) is 14.5 Å². The van der Waals surface area contributed by atoms with Crippen molar-refractivity contribution in [3.8, 4) is 5.82 Å². The number of hydrogen-bond donors (Lipinski definition) is 0. The Bertz CT molecular complexity index is 632. The highest BCUT2D eigenvalue weighted by Crippen LogP contribution is 2.20. The van der Waals surface area contributed by atoms with Crippen LogP contribution in [0.2, 0.25) is 0 Å².